The van der Waals surface area contributed by atoms with Crippen molar-refractivity contribution in [3.8, 4) is 0 Å². The predicted octanol–water partition coefficient (Wildman–Crippen LogP) is 3.93. The van der Waals surface area contributed by atoms with Crippen molar-refractivity contribution in [1.29, 1.82) is 0 Å². The minimum atomic E-state index is -0.410. The highest BCUT2D eigenvalue weighted by Crippen LogP contribution is 2.24. The molecule has 0 unspecified atom stereocenters. The number of aromatic amines is 1. The van der Waals surface area contributed by atoms with Crippen LogP contribution in [0.5, 0.6) is 0 Å². The Kier molecular flexibility index (Phi) is 5.42. The van der Waals surface area contributed by atoms with Crippen LogP contribution in [0, 0.1) is 13.8 Å². The second-order valence-corrected chi connectivity index (χ2v) is 7.04. The van der Waals surface area contributed by atoms with Crippen molar-refractivity contribution >= 4 is 28.3 Å². The summed E-state index contributed by atoms with van der Waals surface area (Å²) < 4.78 is 0. The number of aryl methyl sites for hydroxylation is 2. The molecule has 0 aliphatic carbocycles. The zero-order valence-electron chi connectivity index (χ0n) is 16.2. The normalized spacial score (nSPS) is 12.3. The number of hydrogen-bond donors (Lipinski definition) is 2. The third kappa shape index (κ3) is 4.09. The first-order valence-electron chi connectivity index (χ1n) is 9.05. The minimum Gasteiger partial charge on any atom is -0.358 e. The Morgan fingerprint density at radius 1 is 1.07 bits per heavy atom. The number of anilines is 1. The number of likely N-dealkylation sites (N-methyl/N-ethyl adjacent to an activating group) is 1. The fourth-order valence-electron chi connectivity index (χ4n) is 3.20. The highest BCUT2D eigenvalue weighted by molar-refractivity contribution is 6.11. The summed E-state index contributed by atoms with van der Waals surface area (Å²) in [7, 11) is 1.79. The summed E-state index contributed by atoms with van der Waals surface area (Å²) in [5, 5.41) is 3.79. The van der Waals surface area contributed by atoms with Crippen molar-refractivity contribution in [1.82, 2.24) is 9.88 Å². The van der Waals surface area contributed by atoms with Gasteiger partial charge < -0.3 is 10.3 Å². The van der Waals surface area contributed by atoms with Crippen molar-refractivity contribution in [2.45, 2.75) is 26.8 Å². The molecule has 2 N–H and O–H groups in total. The average Bonchev–Trinajstić information content (AvgIpc) is 2.98. The van der Waals surface area contributed by atoms with E-state index in [9.17, 15) is 9.59 Å². The molecule has 1 amide bonds. The van der Waals surface area contributed by atoms with Gasteiger partial charge in [-0.2, -0.15) is 0 Å². The highest BCUT2D eigenvalue weighted by Gasteiger charge is 2.25. The second-order valence-electron chi connectivity index (χ2n) is 7.04. The van der Waals surface area contributed by atoms with E-state index in [0.717, 1.165) is 27.8 Å². The van der Waals surface area contributed by atoms with E-state index < -0.39 is 6.04 Å². The van der Waals surface area contributed by atoms with Gasteiger partial charge >= 0.3 is 0 Å². The quantitative estimate of drug-likeness (QED) is 0.652. The Labute approximate surface area is 159 Å². The van der Waals surface area contributed by atoms with Crippen LogP contribution in [0.3, 0.4) is 0 Å². The van der Waals surface area contributed by atoms with E-state index in [1.165, 1.54) is 0 Å². The first-order chi connectivity index (χ1) is 12.9. The molecule has 27 heavy (non-hydrogen) atoms. The van der Waals surface area contributed by atoms with Crippen LogP contribution >= 0.6 is 0 Å². The van der Waals surface area contributed by atoms with Crippen LogP contribution in [-0.2, 0) is 4.79 Å². The van der Waals surface area contributed by atoms with E-state index in [1.54, 1.807) is 11.9 Å². The van der Waals surface area contributed by atoms with Gasteiger partial charge in [0.25, 0.3) is 0 Å². The van der Waals surface area contributed by atoms with E-state index in [4.69, 9.17) is 0 Å². The second kappa shape index (κ2) is 7.76. The molecule has 3 aromatic rings. The molecule has 1 heterocycles. The molecule has 0 aliphatic rings. The molecule has 0 saturated carbocycles. The SMILES string of the molecule is Cc1ccc(NC(=O)CN(C)[C@@H](C)C(=O)c2c(C)[nH]c3ccccc23)cc1. The van der Waals surface area contributed by atoms with Gasteiger partial charge in [-0.25, -0.2) is 0 Å². The summed E-state index contributed by atoms with van der Waals surface area (Å²) in [5.74, 6) is -0.132. The molecule has 5 nitrogen and oxygen atoms in total. The van der Waals surface area contributed by atoms with Gasteiger partial charge in [0.05, 0.1) is 12.6 Å². The molecule has 0 aliphatic heterocycles. The lowest BCUT2D eigenvalue weighted by atomic mass is 10.0. The van der Waals surface area contributed by atoms with E-state index in [0.29, 0.717) is 5.56 Å². The standard InChI is InChI=1S/C22H25N3O2/c1-14-9-11-17(12-10-14)24-20(26)13-25(4)16(3)22(27)21-15(2)23-19-8-6-5-7-18(19)21/h5-12,16,23H,13H2,1-4H3,(H,24,26)/t16-/m0/s1. The average molecular weight is 363 g/mol. The van der Waals surface area contributed by atoms with E-state index in [2.05, 4.69) is 10.3 Å². The van der Waals surface area contributed by atoms with Crippen LogP contribution in [-0.4, -0.2) is 41.2 Å². The van der Waals surface area contributed by atoms with Crippen LogP contribution < -0.4 is 5.32 Å². The summed E-state index contributed by atoms with van der Waals surface area (Å²) >= 11 is 0. The number of para-hydroxylation sites is 1. The Morgan fingerprint density at radius 2 is 1.74 bits per heavy atom. The van der Waals surface area contributed by atoms with E-state index in [1.807, 2.05) is 69.3 Å². The van der Waals surface area contributed by atoms with Gasteiger partial charge in [-0.3, -0.25) is 14.5 Å². The maximum Gasteiger partial charge on any atom is 0.238 e. The van der Waals surface area contributed by atoms with E-state index in [-0.39, 0.29) is 18.2 Å². The Morgan fingerprint density at radius 3 is 2.44 bits per heavy atom. The Balaban J connectivity index is 1.69. The smallest absolute Gasteiger partial charge is 0.238 e. The number of carbonyl (C=O) groups excluding carboxylic acids is 2. The first kappa shape index (κ1) is 18.9. The molecule has 0 spiro atoms. The lowest BCUT2D eigenvalue weighted by molar-refractivity contribution is -0.117. The number of benzene rings is 2. The molecule has 1 atom stereocenters. The van der Waals surface area contributed by atoms with Gasteiger partial charge in [-0.05, 0) is 46.0 Å². The van der Waals surface area contributed by atoms with Gasteiger partial charge in [-0.1, -0.05) is 35.9 Å². The minimum absolute atomic E-state index is 0.00980. The molecule has 2 aromatic carbocycles. The van der Waals surface area contributed by atoms with Crippen LogP contribution in [0.25, 0.3) is 10.9 Å². The first-order valence-corrected chi connectivity index (χ1v) is 9.05. The summed E-state index contributed by atoms with van der Waals surface area (Å²) in [6, 6.07) is 15.0. The monoisotopic (exact) mass is 363 g/mol. The number of amides is 1. The van der Waals surface area contributed by atoms with Crippen LogP contribution in [0.15, 0.2) is 48.5 Å². The molecule has 0 saturated heterocycles. The van der Waals surface area contributed by atoms with Crippen LogP contribution in [0.1, 0.15) is 28.5 Å². The molecular weight excluding hydrogens is 338 g/mol. The zero-order valence-corrected chi connectivity index (χ0v) is 16.2. The summed E-state index contributed by atoms with van der Waals surface area (Å²) in [5.41, 5.74) is 4.39. The zero-order chi connectivity index (χ0) is 19.6. The summed E-state index contributed by atoms with van der Waals surface area (Å²) in [4.78, 5) is 30.4. The fraction of sp³-hybridized carbons (Fsp3) is 0.273. The lowest BCUT2D eigenvalue weighted by Crippen LogP contribution is -2.41. The number of ketones is 1. The van der Waals surface area contributed by atoms with Gasteiger partial charge in [0.1, 0.15) is 0 Å². The molecule has 140 valence electrons. The van der Waals surface area contributed by atoms with Gasteiger partial charge in [0.15, 0.2) is 5.78 Å². The third-order valence-electron chi connectivity index (χ3n) is 4.91. The Hall–Kier alpha value is -2.92. The largest absolute Gasteiger partial charge is 0.358 e. The van der Waals surface area contributed by atoms with Crippen molar-refractivity contribution in [2.75, 3.05) is 18.9 Å². The number of rotatable bonds is 6. The van der Waals surface area contributed by atoms with Crippen molar-refractivity contribution in [2.24, 2.45) is 0 Å². The van der Waals surface area contributed by atoms with Crippen molar-refractivity contribution in [3.63, 3.8) is 0 Å². The molecule has 5 heteroatoms. The molecule has 1 aromatic heterocycles. The number of carbonyl (C=O) groups is 2. The number of nitrogens with zero attached hydrogens (tertiary/aromatic N) is 1. The van der Waals surface area contributed by atoms with Gasteiger partial charge in [0, 0.05) is 27.8 Å². The lowest BCUT2D eigenvalue weighted by Gasteiger charge is -2.23. The summed E-state index contributed by atoms with van der Waals surface area (Å²) in [6.07, 6.45) is 0. The topological polar surface area (TPSA) is 65.2 Å². The number of nitrogens with one attached hydrogen (secondary N) is 2. The van der Waals surface area contributed by atoms with Crippen molar-refractivity contribution < 1.29 is 9.59 Å². The maximum atomic E-state index is 13.1. The fourth-order valence-corrected chi connectivity index (χ4v) is 3.20. The van der Waals surface area contributed by atoms with Crippen LogP contribution in [0.4, 0.5) is 5.69 Å². The number of Topliss-reactive ketones (excluding diaryl/α,β-unsaturated/α-hetero) is 1. The third-order valence-corrected chi connectivity index (χ3v) is 4.91. The number of aromatic nitrogens is 1. The van der Waals surface area contributed by atoms with Gasteiger partial charge in [0.2, 0.25) is 5.91 Å². The Bertz CT molecular complexity index is 973. The summed E-state index contributed by atoms with van der Waals surface area (Å²) in [6.45, 7) is 5.88. The number of H-pyrrole nitrogens is 1. The molecular formula is C22H25N3O2. The molecule has 0 fully saturated rings. The molecule has 0 radical (unpaired) electrons. The molecule has 3 rings (SSSR count). The molecule has 0 bridgehead atoms. The van der Waals surface area contributed by atoms with Crippen molar-refractivity contribution in [3.05, 3.63) is 65.4 Å². The van der Waals surface area contributed by atoms with E-state index >= 15 is 0 Å². The maximum absolute atomic E-state index is 13.1. The van der Waals surface area contributed by atoms with Crippen LogP contribution in [0.2, 0.25) is 0 Å². The highest BCUT2D eigenvalue weighted by atomic mass is 16.2. The van der Waals surface area contributed by atoms with Gasteiger partial charge in [-0.15, -0.1) is 0 Å². The predicted molar refractivity (Wildman–Crippen MR) is 109 cm³/mol. The number of fused-ring (bicyclic) bond motifs is 1. The number of hydrogen-bond acceptors (Lipinski definition) is 3.